The van der Waals surface area contributed by atoms with E-state index in [2.05, 4.69) is 15.8 Å². The van der Waals surface area contributed by atoms with Crippen molar-refractivity contribution < 1.29 is 14.7 Å². The number of carbonyl (C=O) groups excluding carboxylic acids is 2. The molecule has 2 aromatic rings. The number of hydrogen-bond donors (Lipinski definition) is 3. The van der Waals surface area contributed by atoms with Crippen molar-refractivity contribution in [2.45, 2.75) is 33.1 Å². The smallest absolute Gasteiger partial charge is 0.329 e. The molecule has 0 bridgehead atoms. The van der Waals surface area contributed by atoms with Gasteiger partial charge in [0.25, 0.3) is 0 Å². The number of aromatic hydroxyl groups is 1. The Labute approximate surface area is 151 Å². The average molecular weight is 351 g/mol. The number of benzene rings is 2. The van der Waals surface area contributed by atoms with Gasteiger partial charge >= 0.3 is 11.8 Å². The topological polar surface area (TPSA) is 90.8 Å². The molecule has 0 heterocycles. The standard InChI is InChI=1S/C20H21N3O3/c1-12-6-9-14(10-7-12)21-19(25)20(26)23-22-16-5-3-4-15-13(2)8-11-17(24)18(15)16/h6-11,24H,3-5H2,1-2H3,(H,21,25)(H,23,26)/b22-16+. The Morgan fingerprint density at radius 3 is 2.46 bits per heavy atom. The van der Waals surface area contributed by atoms with E-state index in [1.807, 2.05) is 32.0 Å². The van der Waals surface area contributed by atoms with E-state index < -0.39 is 11.8 Å². The second-order valence-corrected chi connectivity index (χ2v) is 6.43. The van der Waals surface area contributed by atoms with Gasteiger partial charge in [0.1, 0.15) is 5.75 Å². The maximum absolute atomic E-state index is 12.0. The lowest BCUT2D eigenvalue weighted by molar-refractivity contribution is -0.136. The van der Waals surface area contributed by atoms with Crippen LogP contribution in [0.5, 0.6) is 5.75 Å². The van der Waals surface area contributed by atoms with Gasteiger partial charge in [0.2, 0.25) is 0 Å². The second-order valence-electron chi connectivity index (χ2n) is 6.43. The van der Waals surface area contributed by atoms with Gasteiger partial charge in [0.15, 0.2) is 0 Å². The van der Waals surface area contributed by atoms with E-state index in [0.717, 1.165) is 29.5 Å². The summed E-state index contributed by atoms with van der Waals surface area (Å²) in [6.07, 6.45) is 2.36. The molecule has 0 atom stereocenters. The van der Waals surface area contributed by atoms with Crippen LogP contribution in [0, 0.1) is 13.8 Å². The minimum absolute atomic E-state index is 0.141. The summed E-state index contributed by atoms with van der Waals surface area (Å²) in [4.78, 5) is 24.0. The van der Waals surface area contributed by atoms with Crippen molar-refractivity contribution in [3.63, 3.8) is 0 Å². The van der Waals surface area contributed by atoms with Crippen molar-refractivity contribution in [1.82, 2.24) is 5.43 Å². The van der Waals surface area contributed by atoms with Crippen molar-refractivity contribution in [2.24, 2.45) is 5.10 Å². The van der Waals surface area contributed by atoms with Crippen LogP contribution in [0.1, 0.15) is 35.1 Å². The van der Waals surface area contributed by atoms with Crippen LogP contribution in [0.3, 0.4) is 0 Å². The van der Waals surface area contributed by atoms with E-state index in [0.29, 0.717) is 23.4 Å². The first-order valence-corrected chi connectivity index (χ1v) is 8.52. The highest BCUT2D eigenvalue weighted by Gasteiger charge is 2.22. The summed E-state index contributed by atoms with van der Waals surface area (Å²) in [5.41, 5.74) is 7.26. The number of nitrogens with zero attached hydrogens (tertiary/aromatic N) is 1. The largest absolute Gasteiger partial charge is 0.507 e. The zero-order chi connectivity index (χ0) is 18.7. The highest BCUT2D eigenvalue weighted by Crippen LogP contribution is 2.31. The zero-order valence-corrected chi connectivity index (χ0v) is 14.8. The minimum Gasteiger partial charge on any atom is -0.507 e. The Bertz CT molecular complexity index is 886. The van der Waals surface area contributed by atoms with Crippen LogP contribution in [0.2, 0.25) is 0 Å². The van der Waals surface area contributed by atoms with Gasteiger partial charge in [-0.2, -0.15) is 5.10 Å². The molecule has 0 saturated carbocycles. The molecule has 1 aliphatic rings. The molecular weight excluding hydrogens is 330 g/mol. The van der Waals surface area contributed by atoms with E-state index in [1.165, 1.54) is 0 Å². The second kappa shape index (κ2) is 7.39. The first kappa shape index (κ1) is 17.7. The van der Waals surface area contributed by atoms with Crippen LogP contribution in [0.4, 0.5) is 5.69 Å². The number of carbonyl (C=O) groups is 2. The van der Waals surface area contributed by atoms with E-state index in [4.69, 9.17) is 0 Å². The first-order chi connectivity index (χ1) is 12.5. The van der Waals surface area contributed by atoms with Gasteiger partial charge < -0.3 is 10.4 Å². The molecule has 0 unspecified atom stereocenters. The molecule has 0 spiro atoms. The number of hydrazone groups is 1. The Kier molecular flexibility index (Phi) is 5.02. The highest BCUT2D eigenvalue weighted by atomic mass is 16.3. The van der Waals surface area contributed by atoms with Crippen LogP contribution in [0.25, 0.3) is 0 Å². The lowest BCUT2D eigenvalue weighted by Crippen LogP contribution is -2.33. The molecule has 0 saturated heterocycles. The van der Waals surface area contributed by atoms with Gasteiger partial charge in [-0.25, -0.2) is 5.43 Å². The Hall–Kier alpha value is -3.15. The zero-order valence-electron chi connectivity index (χ0n) is 14.8. The minimum atomic E-state index is -0.850. The maximum Gasteiger partial charge on any atom is 0.329 e. The molecule has 134 valence electrons. The van der Waals surface area contributed by atoms with Crippen molar-refractivity contribution in [2.75, 3.05) is 5.32 Å². The molecule has 0 fully saturated rings. The predicted molar refractivity (Wildman–Crippen MR) is 100 cm³/mol. The van der Waals surface area contributed by atoms with E-state index in [-0.39, 0.29) is 5.75 Å². The summed E-state index contributed by atoms with van der Waals surface area (Å²) < 4.78 is 0. The van der Waals surface area contributed by atoms with Gasteiger partial charge in [-0.1, -0.05) is 23.8 Å². The quantitative estimate of drug-likeness (QED) is 0.574. The van der Waals surface area contributed by atoms with Crippen LogP contribution in [-0.2, 0) is 16.0 Å². The summed E-state index contributed by atoms with van der Waals surface area (Å²) in [5, 5.41) is 16.8. The SMILES string of the molecule is Cc1ccc(NC(=O)C(=O)N/N=C2\CCCc3c(C)ccc(O)c32)cc1. The Morgan fingerprint density at radius 2 is 1.73 bits per heavy atom. The molecule has 26 heavy (non-hydrogen) atoms. The number of fused-ring (bicyclic) bond motifs is 1. The van der Waals surface area contributed by atoms with Crippen molar-refractivity contribution in [3.8, 4) is 5.75 Å². The number of hydrogen-bond acceptors (Lipinski definition) is 4. The molecular formula is C20H21N3O3. The van der Waals surface area contributed by atoms with Crippen molar-refractivity contribution in [3.05, 3.63) is 58.7 Å². The fraction of sp³-hybridized carbons (Fsp3) is 0.250. The third-order valence-electron chi connectivity index (χ3n) is 4.46. The number of phenolic OH excluding ortho intramolecular Hbond substituents is 1. The van der Waals surface area contributed by atoms with E-state index >= 15 is 0 Å². The van der Waals surface area contributed by atoms with Gasteiger partial charge in [0.05, 0.1) is 5.71 Å². The number of anilines is 1. The third kappa shape index (κ3) is 3.74. The lowest BCUT2D eigenvalue weighted by atomic mass is 9.86. The van der Waals surface area contributed by atoms with Crippen LogP contribution >= 0.6 is 0 Å². The lowest BCUT2D eigenvalue weighted by Gasteiger charge is -2.20. The average Bonchev–Trinajstić information content (AvgIpc) is 2.64. The summed E-state index contributed by atoms with van der Waals surface area (Å²) >= 11 is 0. The van der Waals surface area contributed by atoms with Crippen LogP contribution < -0.4 is 10.7 Å². The summed E-state index contributed by atoms with van der Waals surface area (Å²) in [5.74, 6) is -1.50. The van der Waals surface area contributed by atoms with Crippen molar-refractivity contribution in [1.29, 1.82) is 0 Å². The molecule has 1 aliphatic carbocycles. The number of nitrogens with one attached hydrogen (secondary N) is 2. The summed E-state index contributed by atoms with van der Waals surface area (Å²) in [6.45, 7) is 3.92. The Balaban J connectivity index is 1.72. The predicted octanol–water partition coefficient (Wildman–Crippen LogP) is 2.80. The summed E-state index contributed by atoms with van der Waals surface area (Å²) in [6, 6.07) is 10.6. The Morgan fingerprint density at radius 1 is 1.00 bits per heavy atom. The molecule has 2 aromatic carbocycles. The highest BCUT2D eigenvalue weighted by molar-refractivity contribution is 6.39. The first-order valence-electron chi connectivity index (χ1n) is 8.52. The fourth-order valence-electron chi connectivity index (χ4n) is 3.05. The van der Waals surface area contributed by atoms with Gasteiger partial charge in [-0.05, 0) is 62.4 Å². The maximum atomic E-state index is 12.0. The van der Waals surface area contributed by atoms with Crippen LogP contribution in [-0.4, -0.2) is 22.6 Å². The number of aryl methyl sites for hydroxylation is 2. The number of phenols is 1. The monoisotopic (exact) mass is 351 g/mol. The molecule has 3 rings (SSSR count). The fourth-order valence-corrected chi connectivity index (χ4v) is 3.05. The molecule has 6 nitrogen and oxygen atoms in total. The van der Waals surface area contributed by atoms with Crippen molar-refractivity contribution >= 4 is 23.2 Å². The van der Waals surface area contributed by atoms with Crippen LogP contribution in [0.15, 0.2) is 41.5 Å². The molecule has 6 heteroatoms. The van der Waals surface area contributed by atoms with Gasteiger partial charge in [-0.3, -0.25) is 9.59 Å². The molecule has 0 radical (unpaired) electrons. The third-order valence-corrected chi connectivity index (χ3v) is 4.46. The van der Waals surface area contributed by atoms with Gasteiger partial charge in [-0.15, -0.1) is 0 Å². The number of amides is 2. The summed E-state index contributed by atoms with van der Waals surface area (Å²) in [7, 11) is 0. The molecule has 0 aliphatic heterocycles. The normalized spacial score (nSPS) is 14.6. The van der Waals surface area contributed by atoms with E-state index in [9.17, 15) is 14.7 Å². The number of rotatable bonds is 2. The van der Waals surface area contributed by atoms with Gasteiger partial charge in [0, 0.05) is 11.3 Å². The molecule has 2 amide bonds. The molecule has 3 N–H and O–H groups in total. The molecule has 0 aromatic heterocycles. The van der Waals surface area contributed by atoms with E-state index in [1.54, 1.807) is 18.2 Å².